The number of para-hydroxylation sites is 2. The third-order valence-electron chi connectivity index (χ3n) is 4.13. The van der Waals surface area contributed by atoms with Crippen LogP contribution in [0.15, 0.2) is 42.5 Å². The quantitative estimate of drug-likeness (QED) is 0.691. The number of carbonyl (C=O) groups excluding carboxylic acids is 1. The number of nitrogens with zero attached hydrogens (tertiary/aromatic N) is 1. The Kier molecular flexibility index (Phi) is 7.95. The van der Waals surface area contributed by atoms with Crippen LogP contribution in [-0.4, -0.2) is 44.7 Å². The SMILES string of the molecule is CCOc1ccccc1NC(=O)CN(CC)Cc1ccc(OC)c(OC)c1. The Morgan fingerprint density at radius 2 is 1.74 bits per heavy atom. The summed E-state index contributed by atoms with van der Waals surface area (Å²) in [5.41, 5.74) is 1.74. The lowest BCUT2D eigenvalue weighted by Gasteiger charge is -2.21. The van der Waals surface area contributed by atoms with Gasteiger partial charge in [0.1, 0.15) is 5.75 Å². The van der Waals surface area contributed by atoms with Gasteiger partial charge in [-0.05, 0) is 43.3 Å². The Balaban J connectivity index is 2.01. The molecule has 27 heavy (non-hydrogen) atoms. The molecular weight excluding hydrogens is 344 g/mol. The molecule has 2 aromatic carbocycles. The number of ether oxygens (including phenoxy) is 3. The van der Waals surface area contributed by atoms with Gasteiger partial charge >= 0.3 is 0 Å². The number of methoxy groups -OCH3 is 2. The van der Waals surface area contributed by atoms with E-state index in [9.17, 15) is 4.79 Å². The van der Waals surface area contributed by atoms with E-state index in [1.54, 1.807) is 14.2 Å². The first-order chi connectivity index (χ1) is 13.1. The van der Waals surface area contributed by atoms with Gasteiger partial charge in [-0.1, -0.05) is 25.1 Å². The molecule has 0 unspecified atom stereocenters. The number of nitrogens with one attached hydrogen (secondary N) is 1. The molecule has 0 radical (unpaired) electrons. The summed E-state index contributed by atoms with van der Waals surface area (Å²) in [6.45, 7) is 6.16. The Morgan fingerprint density at radius 3 is 2.41 bits per heavy atom. The molecule has 0 saturated carbocycles. The number of anilines is 1. The number of benzene rings is 2. The molecule has 0 aromatic heterocycles. The van der Waals surface area contributed by atoms with E-state index in [4.69, 9.17) is 14.2 Å². The zero-order valence-electron chi connectivity index (χ0n) is 16.5. The fourth-order valence-corrected chi connectivity index (χ4v) is 2.76. The minimum Gasteiger partial charge on any atom is -0.493 e. The lowest BCUT2D eigenvalue weighted by atomic mass is 10.2. The number of likely N-dealkylation sites (N-methyl/N-ethyl adjacent to an activating group) is 1. The van der Waals surface area contributed by atoms with Gasteiger partial charge in [-0.3, -0.25) is 9.69 Å². The van der Waals surface area contributed by atoms with Crippen LogP contribution in [0.2, 0.25) is 0 Å². The van der Waals surface area contributed by atoms with Crippen molar-refractivity contribution in [1.82, 2.24) is 4.90 Å². The molecule has 6 heteroatoms. The second-order valence-electron chi connectivity index (χ2n) is 5.97. The molecule has 0 bridgehead atoms. The molecule has 0 aliphatic carbocycles. The fourth-order valence-electron chi connectivity index (χ4n) is 2.76. The van der Waals surface area contributed by atoms with Gasteiger partial charge in [0.05, 0.1) is 33.1 Å². The highest BCUT2D eigenvalue weighted by molar-refractivity contribution is 5.93. The smallest absolute Gasteiger partial charge is 0.238 e. The van der Waals surface area contributed by atoms with Crippen LogP contribution in [-0.2, 0) is 11.3 Å². The van der Waals surface area contributed by atoms with Gasteiger partial charge in [0.2, 0.25) is 5.91 Å². The largest absolute Gasteiger partial charge is 0.493 e. The third-order valence-corrected chi connectivity index (χ3v) is 4.13. The second kappa shape index (κ2) is 10.4. The predicted molar refractivity (Wildman–Crippen MR) is 107 cm³/mol. The van der Waals surface area contributed by atoms with Gasteiger partial charge in [0.15, 0.2) is 11.5 Å². The van der Waals surface area contributed by atoms with Crippen LogP contribution < -0.4 is 19.5 Å². The van der Waals surface area contributed by atoms with Gasteiger partial charge < -0.3 is 19.5 Å². The topological polar surface area (TPSA) is 60.0 Å². The van der Waals surface area contributed by atoms with Crippen LogP contribution in [0.4, 0.5) is 5.69 Å². The molecule has 0 saturated heterocycles. The Bertz CT molecular complexity index is 749. The van der Waals surface area contributed by atoms with Gasteiger partial charge in [0, 0.05) is 6.54 Å². The summed E-state index contributed by atoms with van der Waals surface area (Å²) in [5, 5.41) is 2.94. The van der Waals surface area contributed by atoms with Crippen molar-refractivity contribution in [1.29, 1.82) is 0 Å². The molecule has 0 fully saturated rings. The summed E-state index contributed by atoms with van der Waals surface area (Å²) in [5.74, 6) is 1.97. The highest BCUT2D eigenvalue weighted by Crippen LogP contribution is 2.28. The van der Waals surface area contributed by atoms with Crippen LogP contribution >= 0.6 is 0 Å². The van der Waals surface area contributed by atoms with E-state index in [0.29, 0.717) is 36.1 Å². The summed E-state index contributed by atoms with van der Waals surface area (Å²) in [6.07, 6.45) is 0. The van der Waals surface area contributed by atoms with Crippen molar-refractivity contribution in [2.75, 3.05) is 39.2 Å². The molecule has 1 amide bonds. The summed E-state index contributed by atoms with van der Waals surface area (Å²) < 4.78 is 16.2. The number of hydrogen-bond acceptors (Lipinski definition) is 5. The van der Waals surface area contributed by atoms with Crippen molar-refractivity contribution in [2.24, 2.45) is 0 Å². The van der Waals surface area contributed by atoms with Crippen molar-refractivity contribution in [3.8, 4) is 17.2 Å². The number of carbonyl (C=O) groups is 1. The zero-order chi connectivity index (χ0) is 19.6. The standard InChI is InChI=1S/C21H28N2O4/c1-5-23(14-16-11-12-19(25-3)20(13-16)26-4)15-21(24)22-17-9-7-8-10-18(17)27-6-2/h7-13H,5-6,14-15H2,1-4H3,(H,22,24). The van der Waals surface area contributed by atoms with E-state index in [1.165, 1.54) is 0 Å². The minimum atomic E-state index is -0.0792. The molecule has 0 aliphatic rings. The molecule has 0 aliphatic heterocycles. The summed E-state index contributed by atoms with van der Waals surface area (Å²) in [4.78, 5) is 14.6. The summed E-state index contributed by atoms with van der Waals surface area (Å²) in [7, 11) is 3.22. The lowest BCUT2D eigenvalue weighted by molar-refractivity contribution is -0.117. The van der Waals surface area contributed by atoms with Crippen LogP contribution in [0.1, 0.15) is 19.4 Å². The average Bonchev–Trinajstić information content (AvgIpc) is 2.69. The van der Waals surface area contributed by atoms with Crippen molar-refractivity contribution in [2.45, 2.75) is 20.4 Å². The molecule has 1 N–H and O–H groups in total. The van der Waals surface area contributed by atoms with E-state index in [2.05, 4.69) is 10.2 Å². The zero-order valence-corrected chi connectivity index (χ0v) is 16.5. The first-order valence-electron chi connectivity index (χ1n) is 9.06. The maximum atomic E-state index is 12.5. The molecule has 2 rings (SSSR count). The molecular formula is C21H28N2O4. The summed E-state index contributed by atoms with van der Waals surface area (Å²) >= 11 is 0. The summed E-state index contributed by atoms with van der Waals surface area (Å²) in [6, 6.07) is 13.2. The van der Waals surface area contributed by atoms with Crippen molar-refractivity contribution >= 4 is 11.6 Å². The van der Waals surface area contributed by atoms with Gasteiger partial charge in [-0.25, -0.2) is 0 Å². The normalized spacial score (nSPS) is 10.6. The van der Waals surface area contributed by atoms with Crippen molar-refractivity contribution in [3.63, 3.8) is 0 Å². The first kappa shape index (κ1) is 20.6. The Labute approximate surface area is 161 Å². The Morgan fingerprint density at radius 1 is 1.00 bits per heavy atom. The number of hydrogen-bond donors (Lipinski definition) is 1. The van der Waals surface area contributed by atoms with Crippen LogP contribution in [0, 0.1) is 0 Å². The molecule has 2 aromatic rings. The maximum absolute atomic E-state index is 12.5. The maximum Gasteiger partial charge on any atom is 0.238 e. The molecule has 146 valence electrons. The van der Waals surface area contributed by atoms with Crippen molar-refractivity contribution in [3.05, 3.63) is 48.0 Å². The third kappa shape index (κ3) is 5.89. The van der Waals surface area contributed by atoms with Crippen LogP contribution in [0.5, 0.6) is 17.2 Å². The molecule has 0 spiro atoms. The number of amides is 1. The molecule has 0 atom stereocenters. The van der Waals surface area contributed by atoms with E-state index in [-0.39, 0.29) is 12.5 Å². The van der Waals surface area contributed by atoms with E-state index >= 15 is 0 Å². The van der Waals surface area contributed by atoms with Gasteiger partial charge in [-0.2, -0.15) is 0 Å². The first-order valence-corrected chi connectivity index (χ1v) is 9.06. The van der Waals surface area contributed by atoms with Gasteiger partial charge in [0.25, 0.3) is 0 Å². The van der Waals surface area contributed by atoms with Crippen LogP contribution in [0.25, 0.3) is 0 Å². The predicted octanol–water partition coefficient (Wildman–Crippen LogP) is 3.56. The number of rotatable bonds is 10. The van der Waals surface area contributed by atoms with Crippen molar-refractivity contribution < 1.29 is 19.0 Å². The second-order valence-corrected chi connectivity index (χ2v) is 5.97. The Hall–Kier alpha value is -2.73. The monoisotopic (exact) mass is 372 g/mol. The van der Waals surface area contributed by atoms with E-state index < -0.39 is 0 Å². The fraction of sp³-hybridized carbons (Fsp3) is 0.381. The van der Waals surface area contributed by atoms with Crippen LogP contribution in [0.3, 0.4) is 0 Å². The highest BCUT2D eigenvalue weighted by atomic mass is 16.5. The van der Waals surface area contributed by atoms with E-state index in [1.807, 2.05) is 56.3 Å². The molecule has 0 heterocycles. The van der Waals surface area contributed by atoms with E-state index in [0.717, 1.165) is 12.1 Å². The molecule has 6 nitrogen and oxygen atoms in total. The minimum absolute atomic E-state index is 0.0792. The average molecular weight is 372 g/mol. The highest BCUT2D eigenvalue weighted by Gasteiger charge is 2.13. The lowest BCUT2D eigenvalue weighted by Crippen LogP contribution is -2.32. The van der Waals surface area contributed by atoms with Gasteiger partial charge in [-0.15, -0.1) is 0 Å².